The summed E-state index contributed by atoms with van der Waals surface area (Å²) in [5.41, 5.74) is 0. The molecule has 0 aromatic rings. The predicted octanol–water partition coefficient (Wildman–Crippen LogP) is 1.50. The van der Waals surface area contributed by atoms with Crippen LogP contribution >= 0.6 is 11.6 Å². The molecule has 0 aliphatic rings. The third-order valence-electron chi connectivity index (χ3n) is 0.880. The quantitative estimate of drug-likeness (QED) is 0.327. The second-order valence-corrected chi connectivity index (χ2v) is 1.94. The van der Waals surface area contributed by atoms with Gasteiger partial charge >= 0.3 is 5.97 Å². The first-order valence-corrected chi connectivity index (χ1v) is 3.59. The van der Waals surface area contributed by atoms with Gasteiger partial charge in [-0.25, -0.2) is 0 Å². The number of hydrogen-bond donors (Lipinski definition) is 0. The van der Waals surface area contributed by atoms with Crippen molar-refractivity contribution in [3.05, 3.63) is 0 Å². The van der Waals surface area contributed by atoms with Gasteiger partial charge in [-0.2, -0.15) is 0 Å². The minimum atomic E-state index is -0.491. The van der Waals surface area contributed by atoms with Crippen LogP contribution in [0.2, 0.25) is 0 Å². The molecular formula is C6H11ClHgO3. The molecule has 1 atom stereocenters. The maximum atomic E-state index is 10.3. The number of alkyl halides is 1. The molecule has 0 aromatic heterocycles. The topological polar surface area (TPSA) is 35.5 Å². The minimum absolute atomic E-state index is 0. The van der Waals surface area contributed by atoms with E-state index in [1.165, 1.54) is 6.92 Å². The van der Waals surface area contributed by atoms with Crippen molar-refractivity contribution in [3.63, 3.8) is 0 Å². The summed E-state index contributed by atoms with van der Waals surface area (Å²) in [5.74, 6) is -0.350. The van der Waals surface area contributed by atoms with Gasteiger partial charge in [-0.15, -0.1) is 0 Å². The Hall–Kier alpha value is 0.655. The van der Waals surface area contributed by atoms with Crippen LogP contribution in [-0.4, -0.2) is 18.3 Å². The molecule has 0 fully saturated rings. The molecule has 0 rings (SSSR count). The van der Waals surface area contributed by atoms with Crippen molar-refractivity contribution in [1.29, 1.82) is 0 Å². The molecule has 62 valence electrons. The number of carbonyl (C=O) groups excluding carboxylic acids is 1. The van der Waals surface area contributed by atoms with Crippen LogP contribution in [0.5, 0.6) is 0 Å². The van der Waals surface area contributed by atoms with Gasteiger partial charge in [-0.1, -0.05) is 18.5 Å². The molecular weight excluding hydrogens is 356 g/mol. The van der Waals surface area contributed by atoms with Crippen molar-refractivity contribution < 1.29 is 41.9 Å². The summed E-state index contributed by atoms with van der Waals surface area (Å²) in [7, 11) is 0. The van der Waals surface area contributed by atoms with Crippen LogP contribution in [0.4, 0.5) is 0 Å². The van der Waals surface area contributed by atoms with Gasteiger partial charge in [0.05, 0.1) is 0 Å². The molecule has 0 aliphatic heterocycles. The molecule has 0 aromatic carbocycles. The van der Waals surface area contributed by atoms with Gasteiger partial charge in [0.2, 0.25) is 6.29 Å². The zero-order chi connectivity index (χ0) is 7.98. The molecule has 0 bridgehead atoms. The third-order valence-corrected chi connectivity index (χ3v) is 1.01. The Morgan fingerprint density at radius 3 is 2.45 bits per heavy atom. The second kappa shape index (κ2) is 8.75. The van der Waals surface area contributed by atoms with E-state index in [1.54, 1.807) is 0 Å². The fraction of sp³-hybridized carbons (Fsp3) is 0.833. The number of halogens is 1. The Morgan fingerprint density at radius 2 is 2.18 bits per heavy atom. The normalized spacial score (nSPS) is 11.5. The Kier molecular flexibility index (Phi) is 11.3. The van der Waals surface area contributed by atoms with Crippen LogP contribution in [0, 0.1) is 0 Å². The fourth-order valence-corrected chi connectivity index (χ4v) is 0.631. The van der Waals surface area contributed by atoms with Crippen molar-refractivity contribution in [2.75, 3.05) is 6.07 Å². The van der Waals surface area contributed by atoms with Crippen molar-refractivity contribution in [1.82, 2.24) is 0 Å². The first-order chi connectivity index (χ1) is 4.70. The van der Waals surface area contributed by atoms with E-state index in [1.807, 2.05) is 6.92 Å². The Morgan fingerprint density at radius 1 is 1.64 bits per heavy atom. The zero-order valence-corrected chi connectivity index (χ0v) is 13.1. The van der Waals surface area contributed by atoms with Crippen LogP contribution in [0.15, 0.2) is 0 Å². The van der Waals surface area contributed by atoms with Crippen molar-refractivity contribution in [2.45, 2.75) is 26.6 Å². The van der Waals surface area contributed by atoms with E-state index >= 15 is 0 Å². The van der Waals surface area contributed by atoms with Crippen molar-refractivity contribution in [2.24, 2.45) is 0 Å². The summed E-state index contributed by atoms with van der Waals surface area (Å²) in [6, 6.07) is 0.0474. The maximum Gasteiger partial charge on any atom is 0.304 e. The second-order valence-electron chi connectivity index (χ2n) is 1.72. The van der Waals surface area contributed by atoms with E-state index in [4.69, 9.17) is 21.1 Å². The van der Waals surface area contributed by atoms with Gasteiger partial charge in [0.25, 0.3) is 0 Å². The molecule has 11 heavy (non-hydrogen) atoms. The van der Waals surface area contributed by atoms with E-state index < -0.39 is 6.29 Å². The van der Waals surface area contributed by atoms with Gasteiger partial charge in [0.1, 0.15) is 6.07 Å². The standard InChI is InChI=1S/C6H11ClO3.Hg/c1-3-6(9-4-7)10-5(2)8;/h6H,3-4H2,1-2H3;. The molecule has 0 heterocycles. The Bertz CT molecular complexity index is 110. The van der Waals surface area contributed by atoms with Gasteiger partial charge in [-0.05, 0) is 0 Å². The molecule has 3 nitrogen and oxygen atoms in total. The number of hydrogen-bond acceptors (Lipinski definition) is 3. The van der Waals surface area contributed by atoms with E-state index in [-0.39, 0.29) is 39.7 Å². The minimum Gasteiger partial charge on any atom is -0.436 e. The summed E-state index contributed by atoms with van der Waals surface area (Å²) < 4.78 is 9.52. The average molecular weight is 367 g/mol. The van der Waals surface area contributed by atoms with Gasteiger partial charge < -0.3 is 9.47 Å². The monoisotopic (exact) mass is 368 g/mol. The molecule has 0 saturated carbocycles. The predicted molar refractivity (Wildman–Crippen MR) is 37.6 cm³/mol. The summed E-state index contributed by atoms with van der Waals surface area (Å²) >= 11 is 5.24. The van der Waals surface area contributed by atoms with E-state index in [2.05, 4.69) is 0 Å². The SMILES string of the molecule is CCC(OCCl)OC(C)=O.[Hg]. The molecule has 1 unspecified atom stereocenters. The number of rotatable bonds is 4. The first kappa shape index (κ1) is 14.2. The summed E-state index contributed by atoms with van der Waals surface area (Å²) in [4.78, 5) is 10.3. The Balaban J connectivity index is 0. The van der Waals surface area contributed by atoms with E-state index in [9.17, 15) is 4.79 Å². The molecule has 0 amide bonds. The van der Waals surface area contributed by atoms with Crippen molar-refractivity contribution >= 4 is 17.6 Å². The molecule has 0 N–H and O–H groups in total. The molecule has 0 spiro atoms. The molecule has 0 saturated heterocycles. The summed E-state index contributed by atoms with van der Waals surface area (Å²) in [5, 5.41) is 0. The van der Waals surface area contributed by atoms with E-state index in [0.29, 0.717) is 6.42 Å². The van der Waals surface area contributed by atoms with Crippen LogP contribution < -0.4 is 0 Å². The van der Waals surface area contributed by atoms with Crippen LogP contribution in [0.25, 0.3) is 0 Å². The average Bonchev–Trinajstić information content (AvgIpc) is 1.86. The number of carbonyl (C=O) groups is 1. The molecule has 5 heteroatoms. The fourth-order valence-electron chi connectivity index (χ4n) is 0.491. The molecule has 0 radical (unpaired) electrons. The van der Waals surface area contributed by atoms with Gasteiger partial charge in [0.15, 0.2) is 0 Å². The zero-order valence-electron chi connectivity index (χ0n) is 6.80. The largest absolute Gasteiger partial charge is 0.436 e. The smallest absolute Gasteiger partial charge is 0.304 e. The Labute approximate surface area is 91.9 Å². The first-order valence-electron chi connectivity index (χ1n) is 3.05. The number of esters is 1. The van der Waals surface area contributed by atoms with Crippen LogP contribution in [0.1, 0.15) is 20.3 Å². The van der Waals surface area contributed by atoms with Gasteiger partial charge in [0, 0.05) is 41.0 Å². The summed E-state index contributed by atoms with van der Waals surface area (Å²) in [6.45, 7) is 3.18. The number of ether oxygens (including phenoxy) is 2. The van der Waals surface area contributed by atoms with Crippen LogP contribution in [0.3, 0.4) is 0 Å². The van der Waals surface area contributed by atoms with Gasteiger partial charge in [-0.3, -0.25) is 4.79 Å². The van der Waals surface area contributed by atoms with Crippen molar-refractivity contribution in [3.8, 4) is 0 Å². The van der Waals surface area contributed by atoms with E-state index in [0.717, 1.165) is 0 Å². The van der Waals surface area contributed by atoms with Crippen LogP contribution in [-0.2, 0) is 41.9 Å². The summed E-state index contributed by atoms with van der Waals surface area (Å²) in [6.07, 6.45) is 0.127. The third kappa shape index (κ3) is 8.56. The molecule has 0 aliphatic carbocycles. The maximum absolute atomic E-state index is 10.3.